The van der Waals surface area contributed by atoms with Gasteiger partial charge in [-0.3, -0.25) is 14.4 Å². The van der Waals surface area contributed by atoms with E-state index in [4.69, 9.17) is 11.6 Å². The van der Waals surface area contributed by atoms with Crippen molar-refractivity contribution in [2.45, 2.75) is 63.6 Å². The molecule has 3 amide bonds. The molecular weight excluding hydrogens is 490 g/mol. The molecule has 0 aromatic heterocycles. The maximum absolute atomic E-state index is 13.2. The number of carbonyl (C=O) groups is 3. The molecule has 2 atom stereocenters. The van der Waals surface area contributed by atoms with Crippen LogP contribution in [0.4, 0.5) is 0 Å². The van der Waals surface area contributed by atoms with Crippen LogP contribution in [-0.2, 0) is 26.2 Å². The number of nitrogens with zero attached hydrogens (tertiary/aromatic N) is 2. The fraction of sp³-hybridized carbons (Fsp3) is 0.400. The van der Waals surface area contributed by atoms with Gasteiger partial charge >= 0.3 is 0 Å². The molecule has 0 saturated carbocycles. The molecule has 0 unspecified atom stereocenters. The van der Waals surface area contributed by atoms with Crippen molar-refractivity contribution in [3.8, 4) is 0 Å². The molecule has 1 heterocycles. The van der Waals surface area contributed by atoms with Crippen molar-refractivity contribution >= 4 is 39.3 Å². The van der Waals surface area contributed by atoms with E-state index in [1.807, 2.05) is 13.8 Å². The van der Waals surface area contributed by atoms with Crippen LogP contribution in [0.2, 0.25) is 5.02 Å². The molecule has 0 saturated heterocycles. The highest BCUT2D eigenvalue weighted by Gasteiger charge is 2.40. The summed E-state index contributed by atoms with van der Waals surface area (Å²) in [6.45, 7) is 5.58. The number of carbonyl (C=O) groups excluding carboxylic acids is 3. The Morgan fingerprint density at radius 3 is 2.37 bits per heavy atom. The Kier molecular flexibility index (Phi) is 8.56. The Morgan fingerprint density at radius 2 is 1.74 bits per heavy atom. The van der Waals surface area contributed by atoms with Gasteiger partial charge in [-0.25, -0.2) is 12.7 Å². The molecule has 0 aliphatic carbocycles. The minimum atomic E-state index is -3.93. The van der Waals surface area contributed by atoms with E-state index in [-0.39, 0.29) is 54.2 Å². The van der Waals surface area contributed by atoms with Crippen molar-refractivity contribution in [3.63, 3.8) is 0 Å². The van der Waals surface area contributed by atoms with E-state index >= 15 is 0 Å². The molecule has 0 bridgehead atoms. The van der Waals surface area contributed by atoms with Crippen LogP contribution in [-0.4, -0.2) is 54.0 Å². The minimum absolute atomic E-state index is 0.0176. The van der Waals surface area contributed by atoms with Gasteiger partial charge in [0.15, 0.2) is 0 Å². The summed E-state index contributed by atoms with van der Waals surface area (Å²) < 4.78 is 26.3. The summed E-state index contributed by atoms with van der Waals surface area (Å²) in [5.41, 5.74) is 0.942. The highest BCUT2D eigenvalue weighted by molar-refractivity contribution is 7.90. The minimum Gasteiger partial charge on any atom is -0.352 e. The third-order valence-corrected chi connectivity index (χ3v) is 8.19. The van der Waals surface area contributed by atoms with Crippen molar-refractivity contribution < 1.29 is 22.8 Å². The van der Waals surface area contributed by atoms with Gasteiger partial charge in [-0.05, 0) is 56.5 Å². The number of rotatable bonds is 10. The second-order valence-corrected chi connectivity index (χ2v) is 10.9. The maximum atomic E-state index is 13.2. The van der Waals surface area contributed by atoms with Gasteiger partial charge in [-0.2, -0.15) is 0 Å². The van der Waals surface area contributed by atoms with Crippen LogP contribution in [0.15, 0.2) is 53.4 Å². The molecule has 2 aromatic carbocycles. The highest BCUT2D eigenvalue weighted by atomic mass is 35.5. The van der Waals surface area contributed by atoms with E-state index in [0.29, 0.717) is 5.02 Å². The van der Waals surface area contributed by atoms with Crippen LogP contribution in [0.3, 0.4) is 0 Å². The summed E-state index contributed by atoms with van der Waals surface area (Å²) in [5.74, 6) is -1.17. The van der Waals surface area contributed by atoms with E-state index in [0.717, 1.165) is 16.3 Å². The van der Waals surface area contributed by atoms with Gasteiger partial charge < -0.3 is 10.2 Å². The quantitative estimate of drug-likeness (QED) is 0.516. The lowest BCUT2D eigenvalue weighted by Gasteiger charge is -2.30. The van der Waals surface area contributed by atoms with Crippen molar-refractivity contribution in [1.29, 1.82) is 0 Å². The lowest BCUT2D eigenvalue weighted by atomic mass is 10.1. The van der Waals surface area contributed by atoms with Gasteiger partial charge in [0.1, 0.15) is 10.9 Å². The Labute approximate surface area is 211 Å². The maximum Gasteiger partial charge on any atom is 0.269 e. The monoisotopic (exact) mass is 519 g/mol. The number of hydrogen-bond acceptors (Lipinski definition) is 5. The summed E-state index contributed by atoms with van der Waals surface area (Å²) in [5, 5.41) is 3.46. The van der Waals surface area contributed by atoms with Crippen LogP contribution in [0.1, 0.15) is 56.0 Å². The van der Waals surface area contributed by atoms with Gasteiger partial charge in [-0.1, -0.05) is 42.8 Å². The van der Waals surface area contributed by atoms with E-state index in [2.05, 4.69) is 5.32 Å². The molecular formula is C25H30ClN3O5S. The van der Waals surface area contributed by atoms with E-state index in [1.54, 1.807) is 43.3 Å². The molecule has 10 heteroatoms. The molecule has 0 spiro atoms. The van der Waals surface area contributed by atoms with Crippen molar-refractivity contribution in [2.75, 3.05) is 6.54 Å². The van der Waals surface area contributed by atoms with Crippen molar-refractivity contribution in [3.05, 3.63) is 64.7 Å². The zero-order chi connectivity index (χ0) is 25.8. The molecule has 0 fully saturated rings. The topological polar surface area (TPSA) is 104 Å². The van der Waals surface area contributed by atoms with Gasteiger partial charge in [0, 0.05) is 30.6 Å². The number of benzene rings is 2. The second kappa shape index (κ2) is 11.2. The Morgan fingerprint density at radius 1 is 1.09 bits per heavy atom. The molecule has 2 aromatic rings. The summed E-state index contributed by atoms with van der Waals surface area (Å²) in [4.78, 5) is 40.1. The summed E-state index contributed by atoms with van der Waals surface area (Å²) >= 11 is 5.97. The number of amides is 3. The zero-order valence-corrected chi connectivity index (χ0v) is 21.6. The predicted octanol–water partition coefficient (Wildman–Crippen LogP) is 3.60. The first-order valence-electron chi connectivity index (χ1n) is 11.6. The number of fused-ring (bicyclic) bond motifs is 1. The molecule has 188 valence electrons. The smallest absolute Gasteiger partial charge is 0.269 e. The third-order valence-electron chi connectivity index (χ3n) is 6.10. The number of nitrogens with one attached hydrogen (secondary N) is 1. The first-order chi connectivity index (χ1) is 16.6. The normalized spacial score (nSPS) is 15.9. The second-order valence-electron chi connectivity index (χ2n) is 8.62. The number of halogens is 1. The molecule has 35 heavy (non-hydrogen) atoms. The van der Waals surface area contributed by atoms with Gasteiger partial charge in [0.2, 0.25) is 11.8 Å². The zero-order valence-electron chi connectivity index (χ0n) is 20.0. The molecule has 1 N–H and O–H groups in total. The Balaban J connectivity index is 1.71. The average Bonchev–Trinajstić information content (AvgIpc) is 3.03. The Hall–Kier alpha value is -2.91. The van der Waals surface area contributed by atoms with Gasteiger partial charge in [0.25, 0.3) is 15.9 Å². The summed E-state index contributed by atoms with van der Waals surface area (Å²) in [6, 6.07) is 12.3. The molecule has 3 rings (SSSR count). The summed E-state index contributed by atoms with van der Waals surface area (Å²) in [7, 11) is -3.93. The summed E-state index contributed by atoms with van der Waals surface area (Å²) in [6.07, 6.45) is 0.864. The Bertz CT molecular complexity index is 1200. The SMILES string of the molecule is CC[C@H](C)NC(=O)[C@H](C)N(Cc1ccc(Cl)cc1)C(=O)CCCN1C(=O)c2ccccc2S1(=O)=O. The first-order valence-corrected chi connectivity index (χ1v) is 13.4. The van der Waals surface area contributed by atoms with Gasteiger partial charge in [-0.15, -0.1) is 0 Å². The standard InChI is InChI=1S/C25H30ClN3O5S/c1-4-17(2)27-24(31)18(3)28(16-19-11-13-20(26)14-12-19)23(30)10-7-15-29-25(32)21-8-5-6-9-22(21)35(29,33)34/h5-6,8-9,11-14,17-18H,4,7,10,15-16H2,1-3H3,(H,27,31)/t17-,18-/m0/s1. The van der Waals surface area contributed by atoms with Gasteiger partial charge in [0.05, 0.1) is 5.56 Å². The fourth-order valence-electron chi connectivity index (χ4n) is 3.80. The van der Waals surface area contributed by atoms with E-state index in [9.17, 15) is 22.8 Å². The van der Waals surface area contributed by atoms with Crippen LogP contribution in [0.25, 0.3) is 0 Å². The highest BCUT2D eigenvalue weighted by Crippen LogP contribution is 2.30. The largest absolute Gasteiger partial charge is 0.352 e. The van der Waals surface area contributed by atoms with Crippen LogP contribution >= 0.6 is 11.6 Å². The lowest BCUT2D eigenvalue weighted by Crippen LogP contribution is -2.49. The van der Waals surface area contributed by atoms with Crippen molar-refractivity contribution in [2.24, 2.45) is 0 Å². The van der Waals surface area contributed by atoms with Crippen LogP contribution in [0.5, 0.6) is 0 Å². The third kappa shape index (κ3) is 6.02. The average molecular weight is 520 g/mol. The van der Waals surface area contributed by atoms with Crippen LogP contribution in [0, 0.1) is 0 Å². The molecule has 8 nitrogen and oxygen atoms in total. The fourth-order valence-corrected chi connectivity index (χ4v) is 5.54. The molecule has 1 aliphatic heterocycles. The molecule has 1 aliphatic rings. The van der Waals surface area contributed by atoms with E-state index < -0.39 is 22.0 Å². The number of hydrogen-bond donors (Lipinski definition) is 1. The molecule has 0 radical (unpaired) electrons. The predicted molar refractivity (Wildman–Crippen MR) is 133 cm³/mol. The first kappa shape index (κ1) is 26.7. The number of sulfonamides is 1. The van der Waals surface area contributed by atoms with E-state index in [1.165, 1.54) is 17.0 Å². The van der Waals surface area contributed by atoms with Crippen molar-refractivity contribution in [1.82, 2.24) is 14.5 Å². The lowest BCUT2D eigenvalue weighted by molar-refractivity contribution is -0.141. The van der Waals surface area contributed by atoms with Crippen LogP contribution < -0.4 is 5.32 Å².